The summed E-state index contributed by atoms with van der Waals surface area (Å²) in [5.74, 6) is 0.821. The van der Waals surface area contributed by atoms with Crippen LogP contribution in [-0.2, 0) is 12.6 Å². The Balaban J connectivity index is 1.72. The highest BCUT2D eigenvalue weighted by atomic mass is 19.4. The summed E-state index contributed by atoms with van der Waals surface area (Å²) in [5.41, 5.74) is 0.231. The van der Waals surface area contributed by atoms with Crippen molar-refractivity contribution in [3.63, 3.8) is 0 Å². The number of alkyl halides is 3. The van der Waals surface area contributed by atoms with Crippen LogP contribution in [0.4, 0.5) is 13.2 Å². The van der Waals surface area contributed by atoms with Gasteiger partial charge in [0.2, 0.25) is 0 Å². The van der Waals surface area contributed by atoms with E-state index in [1.54, 1.807) is 13.2 Å². The molecular formula is C22H22F3N3O4. The lowest BCUT2D eigenvalue weighted by Gasteiger charge is -2.10. The number of hydrogen-bond acceptors (Lipinski definition) is 5. The number of carbonyl (C=O) groups excluding carboxylic acids is 1. The summed E-state index contributed by atoms with van der Waals surface area (Å²) in [4.78, 5) is 12.6. The molecule has 0 aliphatic rings. The molecule has 1 aromatic heterocycles. The van der Waals surface area contributed by atoms with Crippen molar-refractivity contribution in [2.75, 3.05) is 27.9 Å². The first-order chi connectivity index (χ1) is 15.3. The minimum Gasteiger partial charge on any atom is -0.493 e. The maximum absolute atomic E-state index is 13.0. The normalized spacial score (nSPS) is 11.2. The van der Waals surface area contributed by atoms with Gasteiger partial charge >= 0.3 is 6.18 Å². The molecule has 0 bridgehead atoms. The molecule has 3 rings (SSSR count). The van der Waals surface area contributed by atoms with Crippen molar-refractivity contribution in [3.05, 3.63) is 65.5 Å². The van der Waals surface area contributed by atoms with E-state index in [-0.39, 0.29) is 17.1 Å². The minimum absolute atomic E-state index is 0.0303. The number of hydrogen-bond donors (Lipinski definition) is 1. The molecule has 0 radical (unpaired) electrons. The monoisotopic (exact) mass is 449 g/mol. The predicted molar refractivity (Wildman–Crippen MR) is 111 cm³/mol. The molecule has 170 valence electrons. The Kier molecular flexibility index (Phi) is 6.92. The first-order valence-corrected chi connectivity index (χ1v) is 9.57. The fourth-order valence-electron chi connectivity index (χ4n) is 3.06. The van der Waals surface area contributed by atoms with Crippen molar-refractivity contribution in [1.29, 1.82) is 0 Å². The van der Waals surface area contributed by atoms with Gasteiger partial charge in [-0.15, -0.1) is 0 Å². The number of nitrogens with zero attached hydrogens (tertiary/aromatic N) is 2. The minimum atomic E-state index is -4.49. The number of methoxy groups -OCH3 is 3. The zero-order chi connectivity index (χ0) is 23.3. The molecule has 32 heavy (non-hydrogen) atoms. The van der Waals surface area contributed by atoms with Crippen molar-refractivity contribution in [2.24, 2.45) is 0 Å². The highest BCUT2D eigenvalue weighted by Gasteiger charge is 2.30. The van der Waals surface area contributed by atoms with Gasteiger partial charge in [-0.3, -0.25) is 4.79 Å². The maximum atomic E-state index is 13.0. The molecule has 0 aliphatic heterocycles. The predicted octanol–water partition coefficient (Wildman–Crippen LogP) is 3.89. The standard InChI is InChI=1S/C22H22F3N3O4/c1-30-17-8-7-14(11-18(17)31-2)9-10-26-21(29)20-19(32-3)13-28(27-20)16-6-4-5-15(12-16)22(23,24)25/h4-8,11-13H,9-10H2,1-3H3,(H,26,29). The molecule has 10 heteroatoms. The van der Waals surface area contributed by atoms with Crippen LogP contribution >= 0.6 is 0 Å². The molecular weight excluding hydrogens is 427 g/mol. The van der Waals surface area contributed by atoms with Gasteiger partial charge in [-0.25, -0.2) is 4.68 Å². The smallest absolute Gasteiger partial charge is 0.416 e. The summed E-state index contributed by atoms with van der Waals surface area (Å²) >= 11 is 0. The van der Waals surface area contributed by atoms with Gasteiger partial charge in [0.05, 0.1) is 38.8 Å². The van der Waals surface area contributed by atoms with E-state index in [0.717, 1.165) is 17.7 Å². The zero-order valence-corrected chi connectivity index (χ0v) is 17.7. The van der Waals surface area contributed by atoms with Crippen LogP contribution in [0, 0.1) is 0 Å². The lowest BCUT2D eigenvalue weighted by atomic mass is 10.1. The van der Waals surface area contributed by atoms with E-state index in [1.165, 1.54) is 37.2 Å². The summed E-state index contributed by atoms with van der Waals surface area (Å²) in [6, 6.07) is 10.1. The number of aromatic nitrogens is 2. The lowest BCUT2D eigenvalue weighted by Crippen LogP contribution is -2.26. The van der Waals surface area contributed by atoms with Crippen LogP contribution in [-0.4, -0.2) is 43.6 Å². The van der Waals surface area contributed by atoms with E-state index < -0.39 is 17.6 Å². The first-order valence-electron chi connectivity index (χ1n) is 9.57. The van der Waals surface area contributed by atoms with E-state index in [2.05, 4.69) is 10.4 Å². The van der Waals surface area contributed by atoms with Gasteiger partial charge in [0.15, 0.2) is 22.9 Å². The fraction of sp³-hybridized carbons (Fsp3) is 0.273. The van der Waals surface area contributed by atoms with Crippen LogP contribution < -0.4 is 19.5 Å². The molecule has 1 amide bonds. The van der Waals surface area contributed by atoms with E-state index in [1.807, 2.05) is 12.1 Å². The summed E-state index contributed by atoms with van der Waals surface area (Å²) in [5, 5.41) is 6.87. The second kappa shape index (κ2) is 9.63. The van der Waals surface area contributed by atoms with E-state index in [9.17, 15) is 18.0 Å². The molecule has 0 atom stereocenters. The van der Waals surface area contributed by atoms with Gasteiger partial charge in [0, 0.05) is 6.54 Å². The lowest BCUT2D eigenvalue weighted by molar-refractivity contribution is -0.137. The molecule has 1 heterocycles. The van der Waals surface area contributed by atoms with Crippen LogP contribution in [0.2, 0.25) is 0 Å². The average Bonchev–Trinajstić information content (AvgIpc) is 3.23. The molecule has 3 aromatic rings. The molecule has 0 spiro atoms. The Morgan fingerprint density at radius 2 is 1.72 bits per heavy atom. The Bertz CT molecular complexity index is 1100. The summed E-state index contributed by atoms with van der Waals surface area (Å²) < 4.78 is 55.8. The van der Waals surface area contributed by atoms with Gasteiger partial charge < -0.3 is 19.5 Å². The topological polar surface area (TPSA) is 74.6 Å². The largest absolute Gasteiger partial charge is 0.493 e. The number of halogens is 3. The number of rotatable bonds is 8. The fourth-order valence-corrected chi connectivity index (χ4v) is 3.06. The summed E-state index contributed by atoms with van der Waals surface area (Å²) in [7, 11) is 4.44. The molecule has 1 N–H and O–H groups in total. The van der Waals surface area contributed by atoms with Crippen molar-refractivity contribution >= 4 is 5.91 Å². The van der Waals surface area contributed by atoms with Gasteiger partial charge in [-0.2, -0.15) is 18.3 Å². The van der Waals surface area contributed by atoms with Gasteiger partial charge in [-0.05, 0) is 42.3 Å². The maximum Gasteiger partial charge on any atom is 0.416 e. The Labute approximate surface area is 182 Å². The molecule has 2 aromatic carbocycles. The molecule has 0 unspecified atom stereocenters. The van der Waals surface area contributed by atoms with E-state index in [0.29, 0.717) is 24.5 Å². The number of nitrogens with one attached hydrogen (secondary N) is 1. The van der Waals surface area contributed by atoms with Crippen molar-refractivity contribution in [3.8, 4) is 22.9 Å². The first kappa shape index (κ1) is 23.0. The highest BCUT2D eigenvalue weighted by Crippen LogP contribution is 2.31. The third kappa shape index (κ3) is 5.13. The molecule has 0 saturated carbocycles. The van der Waals surface area contributed by atoms with Crippen LogP contribution in [0.1, 0.15) is 21.6 Å². The summed E-state index contributed by atoms with van der Waals surface area (Å²) in [6.45, 7) is 0.299. The second-order valence-electron chi connectivity index (χ2n) is 6.73. The number of benzene rings is 2. The number of amides is 1. The molecule has 0 aliphatic carbocycles. The zero-order valence-electron chi connectivity index (χ0n) is 17.7. The van der Waals surface area contributed by atoms with E-state index in [4.69, 9.17) is 14.2 Å². The van der Waals surface area contributed by atoms with Gasteiger partial charge in [0.25, 0.3) is 5.91 Å². The highest BCUT2D eigenvalue weighted by molar-refractivity contribution is 5.94. The third-order valence-corrected chi connectivity index (χ3v) is 4.70. The summed E-state index contributed by atoms with van der Waals surface area (Å²) in [6.07, 6.45) is -2.61. The number of ether oxygens (including phenoxy) is 3. The third-order valence-electron chi connectivity index (χ3n) is 4.70. The van der Waals surface area contributed by atoms with Crippen molar-refractivity contribution < 1.29 is 32.2 Å². The van der Waals surface area contributed by atoms with Crippen LogP contribution in [0.3, 0.4) is 0 Å². The van der Waals surface area contributed by atoms with Gasteiger partial charge in [-0.1, -0.05) is 12.1 Å². The number of carbonyl (C=O) groups is 1. The Hall–Kier alpha value is -3.69. The average molecular weight is 449 g/mol. The van der Waals surface area contributed by atoms with Crippen LogP contribution in [0.5, 0.6) is 17.2 Å². The quantitative estimate of drug-likeness (QED) is 0.565. The van der Waals surface area contributed by atoms with Gasteiger partial charge in [0.1, 0.15) is 0 Å². The van der Waals surface area contributed by atoms with Crippen LogP contribution in [0.15, 0.2) is 48.7 Å². The SMILES string of the molecule is COc1ccc(CCNC(=O)c2nn(-c3cccc(C(F)(F)F)c3)cc2OC)cc1OC. The molecule has 0 fully saturated rings. The second-order valence-corrected chi connectivity index (χ2v) is 6.73. The van der Waals surface area contributed by atoms with Crippen molar-refractivity contribution in [1.82, 2.24) is 15.1 Å². The molecule has 7 nitrogen and oxygen atoms in total. The van der Waals surface area contributed by atoms with Crippen LogP contribution in [0.25, 0.3) is 5.69 Å². The molecule has 0 saturated heterocycles. The Morgan fingerprint density at radius 1 is 1.00 bits per heavy atom. The van der Waals surface area contributed by atoms with Crippen molar-refractivity contribution in [2.45, 2.75) is 12.6 Å². The Morgan fingerprint density at radius 3 is 2.38 bits per heavy atom. The van der Waals surface area contributed by atoms with E-state index >= 15 is 0 Å².